The van der Waals surface area contributed by atoms with E-state index in [1.165, 1.54) is 20.9 Å². The van der Waals surface area contributed by atoms with Crippen LogP contribution in [0.5, 0.6) is 0 Å². The minimum absolute atomic E-state index is 0.178. The molecular weight excluding hydrogens is 270 g/mol. The molecular formula is C16H25NO2S. The van der Waals surface area contributed by atoms with Gasteiger partial charge in [0.25, 0.3) is 0 Å². The molecule has 3 nitrogen and oxygen atoms in total. The van der Waals surface area contributed by atoms with Crippen LogP contribution in [0.3, 0.4) is 0 Å². The average molecular weight is 295 g/mol. The van der Waals surface area contributed by atoms with Crippen molar-refractivity contribution in [1.29, 1.82) is 0 Å². The van der Waals surface area contributed by atoms with Crippen molar-refractivity contribution in [1.82, 2.24) is 4.90 Å². The summed E-state index contributed by atoms with van der Waals surface area (Å²) in [6.45, 7) is 11.7. The van der Waals surface area contributed by atoms with Crippen molar-refractivity contribution in [3.8, 4) is 0 Å². The van der Waals surface area contributed by atoms with E-state index in [0.29, 0.717) is 0 Å². The molecule has 2 rings (SSSR count). The fourth-order valence-corrected chi connectivity index (χ4v) is 4.05. The molecule has 0 aromatic carbocycles. The SMILES string of the molecule is CCc1c(C)sc2c1CCN(C(=O)OC(C)(C)C)CC2. The standard InChI is InChI=1S/C16H25NO2S/c1-6-12-11(2)20-14-8-10-17(9-7-13(12)14)15(18)19-16(3,4)5/h6-10H2,1-5H3. The minimum atomic E-state index is -0.417. The van der Waals surface area contributed by atoms with Gasteiger partial charge >= 0.3 is 6.09 Å². The molecule has 1 aromatic heterocycles. The number of hydrogen-bond acceptors (Lipinski definition) is 3. The van der Waals surface area contributed by atoms with E-state index in [-0.39, 0.29) is 6.09 Å². The molecule has 112 valence electrons. The van der Waals surface area contributed by atoms with Crippen LogP contribution in [0.25, 0.3) is 0 Å². The molecule has 4 heteroatoms. The third-order valence-corrected chi connectivity index (χ3v) is 4.90. The summed E-state index contributed by atoms with van der Waals surface area (Å²) in [5.74, 6) is 0. The number of nitrogens with zero attached hydrogens (tertiary/aromatic N) is 1. The summed E-state index contributed by atoms with van der Waals surface area (Å²) in [5, 5.41) is 0. The predicted molar refractivity (Wildman–Crippen MR) is 83.6 cm³/mol. The van der Waals surface area contributed by atoms with Crippen LogP contribution >= 0.6 is 11.3 Å². The topological polar surface area (TPSA) is 29.5 Å². The number of fused-ring (bicyclic) bond motifs is 1. The summed E-state index contributed by atoms with van der Waals surface area (Å²) in [5.41, 5.74) is 2.57. The van der Waals surface area contributed by atoms with Crippen LogP contribution in [0.1, 0.15) is 48.6 Å². The number of carbonyl (C=O) groups is 1. The Morgan fingerprint density at radius 2 is 1.95 bits per heavy atom. The normalized spacial score (nSPS) is 15.8. The molecule has 0 aliphatic carbocycles. The van der Waals surface area contributed by atoms with Gasteiger partial charge in [0.1, 0.15) is 5.60 Å². The first-order valence-electron chi connectivity index (χ1n) is 7.39. The molecule has 0 spiro atoms. The highest BCUT2D eigenvalue weighted by Crippen LogP contribution is 2.31. The number of rotatable bonds is 1. The zero-order valence-corrected chi connectivity index (χ0v) is 14.0. The van der Waals surface area contributed by atoms with Gasteiger partial charge in [-0.25, -0.2) is 4.79 Å². The van der Waals surface area contributed by atoms with E-state index in [1.807, 2.05) is 37.0 Å². The quantitative estimate of drug-likeness (QED) is 0.785. The molecule has 20 heavy (non-hydrogen) atoms. The first-order chi connectivity index (χ1) is 9.31. The molecule has 1 aromatic rings. The van der Waals surface area contributed by atoms with Gasteiger partial charge in [0.15, 0.2) is 0 Å². The number of thiophene rings is 1. The van der Waals surface area contributed by atoms with Crippen molar-refractivity contribution in [2.24, 2.45) is 0 Å². The van der Waals surface area contributed by atoms with Gasteiger partial charge in [-0.2, -0.15) is 0 Å². The summed E-state index contributed by atoms with van der Waals surface area (Å²) < 4.78 is 5.48. The Balaban J connectivity index is 2.09. The van der Waals surface area contributed by atoms with E-state index in [9.17, 15) is 4.79 Å². The van der Waals surface area contributed by atoms with Crippen molar-refractivity contribution >= 4 is 17.4 Å². The molecule has 2 heterocycles. The first kappa shape index (κ1) is 15.4. The Morgan fingerprint density at radius 3 is 2.55 bits per heavy atom. The molecule has 0 saturated carbocycles. The highest BCUT2D eigenvalue weighted by molar-refractivity contribution is 7.12. The monoisotopic (exact) mass is 295 g/mol. The van der Waals surface area contributed by atoms with Gasteiger partial charge in [-0.15, -0.1) is 11.3 Å². The molecule has 0 fully saturated rings. The van der Waals surface area contributed by atoms with Crippen molar-refractivity contribution in [3.63, 3.8) is 0 Å². The fourth-order valence-electron chi connectivity index (χ4n) is 2.75. The second-order valence-corrected chi connectivity index (χ2v) is 7.67. The summed E-state index contributed by atoms with van der Waals surface area (Å²) in [6.07, 6.45) is 2.83. The maximum atomic E-state index is 12.2. The number of carbonyl (C=O) groups excluding carboxylic acids is 1. The van der Waals surface area contributed by atoms with Crippen LogP contribution < -0.4 is 0 Å². The predicted octanol–water partition coefficient (Wildman–Crippen LogP) is 3.95. The van der Waals surface area contributed by atoms with Gasteiger partial charge in [0, 0.05) is 22.8 Å². The number of ether oxygens (including phenoxy) is 1. The Kier molecular flexibility index (Phi) is 4.43. The van der Waals surface area contributed by atoms with Crippen molar-refractivity contribution in [2.75, 3.05) is 13.1 Å². The lowest BCUT2D eigenvalue weighted by Crippen LogP contribution is -2.38. The smallest absolute Gasteiger partial charge is 0.410 e. The molecule has 0 radical (unpaired) electrons. The van der Waals surface area contributed by atoms with E-state index >= 15 is 0 Å². The van der Waals surface area contributed by atoms with Gasteiger partial charge in [0.05, 0.1) is 0 Å². The Labute approximate surface area is 125 Å². The fraction of sp³-hybridized carbons (Fsp3) is 0.688. The summed E-state index contributed by atoms with van der Waals surface area (Å²) in [7, 11) is 0. The molecule has 0 N–H and O–H groups in total. The highest BCUT2D eigenvalue weighted by Gasteiger charge is 2.26. The lowest BCUT2D eigenvalue weighted by molar-refractivity contribution is 0.0258. The zero-order valence-electron chi connectivity index (χ0n) is 13.2. The Hall–Kier alpha value is -1.03. The number of hydrogen-bond donors (Lipinski definition) is 0. The van der Waals surface area contributed by atoms with Crippen LogP contribution in [-0.2, 0) is 24.0 Å². The molecule has 1 amide bonds. The Bertz CT molecular complexity index is 499. The van der Waals surface area contributed by atoms with Crippen LogP contribution in [0.2, 0.25) is 0 Å². The minimum Gasteiger partial charge on any atom is -0.444 e. The van der Waals surface area contributed by atoms with Gasteiger partial charge in [-0.1, -0.05) is 6.92 Å². The van der Waals surface area contributed by atoms with Crippen LogP contribution in [0, 0.1) is 6.92 Å². The molecule has 1 aliphatic heterocycles. The molecule has 1 aliphatic rings. The number of aryl methyl sites for hydroxylation is 1. The van der Waals surface area contributed by atoms with E-state index in [0.717, 1.165) is 32.4 Å². The third kappa shape index (κ3) is 3.35. The van der Waals surface area contributed by atoms with Crippen LogP contribution in [0.15, 0.2) is 0 Å². The van der Waals surface area contributed by atoms with Crippen molar-refractivity contribution in [3.05, 3.63) is 20.9 Å². The highest BCUT2D eigenvalue weighted by atomic mass is 32.1. The maximum Gasteiger partial charge on any atom is 0.410 e. The Morgan fingerprint density at radius 1 is 1.30 bits per heavy atom. The second kappa shape index (κ2) is 5.76. The van der Waals surface area contributed by atoms with E-state index in [4.69, 9.17) is 4.74 Å². The first-order valence-corrected chi connectivity index (χ1v) is 8.21. The van der Waals surface area contributed by atoms with Gasteiger partial charge in [0.2, 0.25) is 0 Å². The van der Waals surface area contributed by atoms with Gasteiger partial charge < -0.3 is 9.64 Å². The second-order valence-electron chi connectivity index (χ2n) is 6.36. The average Bonchev–Trinajstić information content (AvgIpc) is 2.50. The van der Waals surface area contributed by atoms with E-state index < -0.39 is 5.60 Å². The zero-order chi connectivity index (χ0) is 14.9. The third-order valence-electron chi connectivity index (χ3n) is 3.65. The summed E-state index contributed by atoms with van der Waals surface area (Å²) in [4.78, 5) is 16.9. The van der Waals surface area contributed by atoms with E-state index in [1.54, 1.807) is 0 Å². The lowest BCUT2D eigenvalue weighted by Gasteiger charge is -2.26. The summed E-state index contributed by atoms with van der Waals surface area (Å²) in [6, 6.07) is 0. The van der Waals surface area contributed by atoms with Crippen LogP contribution in [-0.4, -0.2) is 29.7 Å². The number of amides is 1. The maximum absolute atomic E-state index is 12.2. The lowest BCUT2D eigenvalue weighted by atomic mass is 10.0. The van der Waals surface area contributed by atoms with Crippen molar-refractivity contribution < 1.29 is 9.53 Å². The molecule has 0 unspecified atom stereocenters. The molecule has 0 atom stereocenters. The van der Waals surface area contributed by atoms with Crippen molar-refractivity contribution in [2.45, 2.75) is 59.5 Å². The molecule has 0 bridgehead atoms. The molecule has 0 saturated heterocycles. The largest absolute Gasteiger partial charge is 0.444 e. The van der Waals surface area contributed by atoms with Crippen LogP contribution in [0.4, 0.5) is 4.79 Å². The van der Waals surface area contributed by atoms with Gasteiger partial charge in [-0.05, 0) is 58.1 Å². The van der Waals surface area contributed by atoms with E-state index in [2.05, 4.69) is 13.8 Å². The summed E-state index contributed by atoms with van der Waals surface area (Å²) >= 11 is 1.90. The van der Waals surface area contributed by atoms with Gasteiger partial charge in [-0.3, -0.25) is 0 Å².